The van der Waals surface area contributed by atoms with Crippen LogP contribution in [0.1, 0.15) is 17.5 Å². The Morgan fingerprint density at radius 3 is 3.00 bits per heavy atom. The van der Waals surface area contributed by atoms with E-state index in [4.69, 9.17) is 10.5 Å². The minimum absolute atomic E-state index is 0.192. The number of carbonyl (C=O) groups excluding carboxylic acids is 1. The number of aromatic hydroxyl groups is 1. The van der Waals surface area contributed by atoms with Gasteiger partial charge in [-0.05, 0) is 24.1 Å². The Hall–Kier alpha value is -1.75. The van der Waals surface area contributed by atoms with Crippen molar-refractivity contribution in [3.63, 3.8) is 0 Å². The Morgan fingerprint density at radius 1 is 1.47 bits per heavy atom. The number of amides is 1. The fraction of sp³-hybridized carbons (Fsp3) is 0.417. The van der Waals surface area contributed by atoms with Crippen LogP contribution in [-0.2, 0) is 17.8 Å². The molecule has 0 radical (unpaired) electrons. The van der Waals surface area contributed by atoms with E-state index in [0.717, 1.165) is 12.0 Å². The van der Waals surface area contributed by atoms with E-state index in [9.17, 15) is 9.90 Å². The van der Waals surface area contributed by atoms with Gasteiger partial charge in [-0.15, -0.1) is 0 Å². The number of hydrogen-bond donors (Lipinski definition) is 2. The second-order valence-corrected chi connectivity index (χ2v) is 4.06. The van der Waals surface area contributed by atoms with Gasteiger partial charge in [0.1, 0.15) is 5.75 Å². The van der Waals surface area contributed by atoms with Crippen LogP contribution >= 0.6 is 0 Å². The summed E-state index contributed by atoms with van der Waals surface area (Å²) in [6.45, 7) is 1.98. The molecule has 1 heterocycles. The smallest absolute Gasteiger partial charge is 0.410 e. The maximum atomic E-state index is 11.4. The first-order chi connectivity index (χ1) is 8.20. The third-order valence-corrected chi connectivity index (χ3v) is 2.79. The van der Waals surface area contributed by atoms with Gasteiger partial charge in [-0.25, -0.2) is 4.79 Å². The van der Waals surface area contributed by atoms with Crippen LogP contribution in [0.4, 0.5) is 4.79 Å². The summed E-state index contributed by atoms with van der Waals surface area (Å²) in [5.41, 5.74) is 7.15. The zero-order chi connectivity index (χ0) is 12.3. The van der Waals surface area contributed by atoms with Gasteiger partial charge in [-0.3, -0.25) is 0 Å². The number of cyclic esters (lactones) is 1. The molecule has 92 valence electrons. The number of phenols is 1. The second kappa shape index (κ2) is 5.05. The number of carbonyl (C=O) groups is 1. The lowest BCUT2D eigenvalue weighted by molar-refractivity contribution is 0.0700. The van der Waals surface area contributed by atoms with Crippen molar-refractivity contribution in [1.29, 1.82) is 0 Å². The van der Waals surface area contributed by atoms with E-state index in [-0.39, 0.29) is 18.4 Å². The summed E-state index contributed by atoms with van der Waals surface area (Å²) < 4.78 is 4.96. The molecule has 0 saturated carbocycles. The molecule has 1 aromatic rings. The summed E-state index contributed by atoms with van der Waals surface area (Å²) in [6, 6.07) is 5.21. The van der Waals surface area contributed by atoms with Crippen LogP contribution in [0.2, 0.25) is 0 Å². The summed E-state index contributed by atoms with van der Waals surface area (Å²) in [5.74, 6) is 0.192. The van der Waals surface area contributed by atoms with Crippen molar-refractivity contribution in [3.8, 4) is 5.75 Å². The van der Waals surface area contributed by atoms with Gasteiger partial charge >= 0.3 is 6.09 Å². The number of nitrogens with two attached hydrogens (primary N) is 1. The maximum Gasteiger partial charge on any atom is 0.410 e. The van der Waals surface area contributed by atoms with Gasteiger partial charge < -0.3 is 20.5 Å². The highest BCUT2D eigenvalue weighted by Crippen LogP contribution is 2.19. The maximum absolute atomic E-state index is 11.4. The van der Waals surface area contributed by atoms with E-state index in [1.54, 1.807) is 17.0 Å². The average Bonchev–Trinajstić information content (AvgIpc) is 2.34. The van der Waals surface area contributed by atoms with E-state index in [1.807, 2.05) is 6.07 Å². The highest BCUT2D eigenvalue weighted by atomic mass is 16.6. The number of ether oxygens (including phenoxy) is 1. The van der Waals surface area contributed by atoms with Crippen molar-refractivity contribution < 1.29 is 14.6 Å². The van der Waals surface area contributed by atoms with Crippen LogP contribution in [0.5, 0.6) is 5.75 Å². The zero-order valence-electron chi connectivity index (χ0n) is 9.56. The highest BCUT2D eigenvalue weighted by Gasteiger charge is 2.19. The predicted molar refractivity (Wildman–Crippen MR) is 62.4 cm³/mol. The van der Waals surface area contributed by atoms with Crippen molar-refractivity contribution in [2.24, 2.45) is 5.73 Å². The first-order valence-corrected chi connectivity index (χ1v) is 5.63. The zero-order valence-corrected chi connectivity index (χ0v) is 9.56. The number of phenolic OH excluding ortho intramolecular Hbond substituents is 1. The standard InChI is InChI=1S/C12H16N2O3/c13-7-10-6-9(2-3-11(10)15)8-14-4-1-5-17-12(14)16/h2-3,6,15H,1,4-5,7-8,13H2. The van der Waals surface area contributed by atoms with Crippen molar-refractivity contribution in [1.82, 2.24) is 4.90 Å². The van der Waals surface area contributed by atoms with Crippen LogP contribution in [0.15, 0.2) is 18.2 Å². The van der Waals surface area contributed by atoms with E-state index in [0.29, 0.717) is 25.3 Å². The molecule has 0 bridgehead atoms. The predicted octanol–water partition coefficient (Wildman–Crippen LogP) is 1.19. The van der Waals surface area contributed by atoms with Crippen molar-refractivity contribution >= 4 is 6.09 Å². The van der Waals surface area contributed by atoms with Crippen LogP contribution in [0.3, 0.4) is 0 Å². The van der Waals surface area contributed by atoms with Crippen molar-refractivity contribution in [2.45, 2.75) is 19.5 Å². The topological polar surface area (TPSA) is 75.8 Å². The molecule has 1 fully saturated rings. The largest absolute Gasteiger partial charge is 0.508 e. The highest BCUT2D eigenvalue weighted by molar-refractivity contribution is 5.68. The molecule has 2 rings (SSSR count). The summed E-state index contributed by atoms with van der Waals surface area (Å²) >= 11 is 0. The van der Waals surface area contributed by atoms with Crippen molar-refractivity contribution in [3.05, 3.63) is 29.3 Å². The Balaban J connectivity index is 2.10. The Kier molecular flexibility index (Phi) is 3.49. The molecule has 5 heteroatoms. The molecule has 0 atom stereocenters. The van der Waals surface area contributed by atoms with Gasteiger partial charge in [-0.2, -0.15) is 0 Å². The van der Waals surface area contributed by atoms with Crippen LogP contribution < -0.4 is 5.73 Å². The monoisotopic (exact) mass is 236 g/mol. The molecule has 3 N–H and O–H groups in total. The first kappa shape index (κ1) is 11.7. The van der Waals surface area contributed by atoms with Gasteiger partial charge in [0.15, 0.2) is 0 Å². The van der Waals surface area contributed by atoms with Gasteiger partial charge in [0.05, 0.1) is 6.61 Å². The molecular weight excluding hydrogens is 220 g/mol. The number of nitrogens with zero attached hydrogens (tertiary/aromatic N) is 1. The third kappa shape index (κ3) is 2.68. The Bertz CT molecular complexity index is 420. The number of benzene rings is 1. The first-order valence-electron chi connectivity index (χ1n) is 5.63. The minimum Gasteiger partial charge on any atom is -0.508 e. The quantitative estimate of drug-likeness (QED) is 0.826. The molecule has 0 spiro atoms. The molecule has 5 nitrogen and oxygen atoms in total. The summed E-state index contributed by atoms with van der Waals surface area (Å²) in [6.07, 6.45) is 0.576. The Labute approximate surface area is 99.8 Å². The Morgan fingerprint density at radius 2 is 2.29 bits per heavy atom. The summed E-state index contributed by atoms with van der Waals surface area (Å²) in [4.78, 5) is 13.1. The molecule has 0 aliphatic carbocycles. The van der Waals surface area contributed by atoms with E-state index in [2.05, 4.69) is 0 Å². The van der Waals surface area contributed by atoms with Crippen LogP contribution in [0, 0.1) is 0 Å². The molecule has 1 aliphatic rings. The molecule has 0 aromatic heterocycles. The lowest BCUT2D eigenvalue weighted by Gasteiger charge is -2.26. The second-order valence-electron chi connectivity index (χ2n) is 4.06. The average molecular weight is 236 g/mol. The molecule has 1 amide bonds. The van der Waals surface area contributed by atoms with E-state index in [1.165, 1.54) is 0 Å². The van der Waals surface area contributed by atoms with E-state index >= 15 is 0 Å². The number of hydrogen-bond acceptors (Lipinski definition) is 4. The fourth-order valence-electron chi connectivity index (χ4n) is 1.86. The van der Waals surface area contributed by atoms with Gasteiger partial charge in [0, 0.05) is 25.2 Å². The molecule has 1 aromatic carbocycles. The van der Waals surface area contributed by atoms with E-state index < -0.39 is 0 Å². The minimum atomic E-state index is -0.279. The third-order valence-electron chi connectivity index (χ3n) is 2.79. The SMILES string of the molecule is NCc1cc(CN2CCCOC2=O)ccc1O. The van der Waals surface area contributed by atoms with Crippen LogP contribution in [-0.4, -0.2) is 29.3 Å². The molecule has 0 unspecified atom stereocenters. The lowest BCUT2D eigenvalue weighted by atomic mass is 10.1. The summed E-state index contributed by atoms with van der Waals surface area (Å²) in [7, 11) is 0. The summed E-state index contributed by atoms with van der Waals surface area (Å²) in [5, 5.41) is 9.51. The molecule has 1 aliphatic heterocycles. The molecule has 17 heavy (non-hydrogen) atoms. The van der Waals surface area contributed by atoms with Gasteiger partial charge in [0.2, 0.25) is 0 Å². The van der Waals surface area contributed by atoms with Crippen molar-refractivity contribution in [2.75, 3.05) is 13.2 Å². The van der Waals surface area contributed by atoms with Gasteiger partial charge in [-0.1, -0.05) is 6.07 Å². The molecule has 1 saturated heterocycles. The lowest BCUT2D eigenvalue weighted by Crippen LogP contribution is -2.37. The van der Waals surface area contributed by atoms with Gasteiger partial charge in [0.25, 0.3) is 0 Å². The van der Waals surface area contributed by atoms with Crippen LogP contribution in [0.25, 0.3) is 0 Å². The fourth-order valence-corrected chi connectivity index (χ4v) is 1.86. The molecular formula is C12H16N2O3. The number of rotatable bonds is 3. The normalized spacial score (nSPS) is 15.8.